The Morgan fingerprint density at radius 3 is 0.625 bits per heavy atom. The molecule has 0 rings (SSSR count). The van der Waals surface area contributed by atoms with E-state index in [1.807, 2.05) is 0 Å². The molecule has 0 saturated carbocycles. The van der Waals surface area contributed by atoms with E-state index in [9.17, 15) is 0 Å². The van der Waals surface area contributed by atoms with Gasteiger partial charge in [-0.2, -0.15) is 0 Å². The van der Waals surface area contributed by atoms with Crippen LogP contribution < -0.4 is 0 Å². The van der Waals surface area contributed by atoms with Crippen molar-refractivity contribution in [2.45, 2.75) is 0 Å². The monoisotopic (exact) mass is 163 g/mol. The Balaban J connectivity index is -0.00000000500. The van der Waals surface area contributed by atoms with E-state index in [2.05, 4.69) is 0 Å². The van der Waals surface area contributed by atoms with Gasteiger partial charge in [0.1, 0.15) is 0 Å². The minimum Gasteiger partial charge on any atom is -2.00 e. The Bertz CT molecular complexity index is 11.2. The third-order valence-electron chi connectivity index (χ3n) is 0. The van der Waals surface area contributed by atoms with Crippen molar-refractivity contribution in [2.75, 3.05) is 21.3 Å². The van der Waals surface area contributed by atoms with E-state index >= 15 is 0 Å². The molecule has 0 aliphatic heterocycles. The SMILES string of the molecule is CO.CO.CO.[O-2].[V+2]. The topological polar surface area (TPSA) is 89.2 Å². The molecule has 0 saturated heterocycles. The molecular weight excluding hydrogens is 151 g/mol. The molecule has 0 amide bonds. The van der Waals surface area contributed by atoms with Gasteiger partial charge in [-0.05, 0) is 0 Å². The van der Waals surface area contributed by atoms with Crippen molar-refractivity contribution in [3.05, 3.63) is 0 Å². The predicted molar refractivity (Wildman–Crippen MR) is 25.1 cm³/mol. The fourth-order valence-corrected chi connectivity index (χ4v) is 0. The maximum atomic E-state index is 7.00. The average molecular weight is 163 g/mol. The van der Waals surface area contributed by atoms with Crippen LogP contribution in [0.5, 0.6) is 0 Å². The third kappa shape index (κ3) is 1050. The summed E-state index contributed by atoms with van der Waals surface area (Å²) in [7, 11) is 3.00. The smallest absolute Gasteiger partial charge is 2.00 e. The molecule has 0 fully saturated rings. The van der Waals surface area contributed by atoms with Gasteiger partial charge in [0.15, 0.2) is 0 Å². The summed E-state index contributed by atoms with van der Waals surface area (Å²) in [6.45, 7) is 0. The molecule has 5 heteroatoms. The molecule has 0 aliphatic rings. The molecule has 0 aromatic rings. The van der Waals surface area contributed by atoms with Crippen molar-refractivity contribution in [3.8, 4) is 0 Å². The first kappa shape index (κ1) is 39.6. The van der Waals surface area contributed by atoms with Gasteiger partial charge in [-0.25, -0.2) is 0 Å². The quantitative estimate of drug-likeness (QED) is 0.414. The Morgan fingerprint density at radius 2 is 0.625 bits per heavy atom. The van der Waals surface area contributed by atoms with Crippen LogP contribution in [0.4, 0.5) is 0 Å². The van der Waals surface area contributed by atoms with E-state index in [0.29, 0.717) is 0 Å². The first-order valence-electron chi connectivity index (χ1n) is 1.34. The molecule has 0 aliphatic carbocycles. The minimum absolute atomic E-state index is 0. The summed E-state index contributed by atoms with van der Waals surface area (Å²) in [6, 6.07) is 0. The van der Waals surface area contributed by atoms with Crippen LogP contribution in [0, 0.1) is 0 Å². The number of hydrogen-bond donors (Lipinski definition) is 3. The third-order valence-corrected chi connectivity index (χ3v) is 0. The summed E-state index contributed by atoms with van der Waals surface area (Å²) >= 11 is 0. The van der Waals surface area contributed by atoms with E-state index in [1.165, 1.54) is 0 Å². The van der Waals surface area contributed by atoms with Gasteiger partial charge < -0.3 is 20.8 Å². The average Bonchev–Trinajstić information content (AvgIpc) is 1.81. The van der Waals surface area contributed by atoms with Crippen molar-refractivity contribution in [3.63, 3.8) is 0 Å². The zero-order valence-corrected chi connectivity index (χ0v) is 6.59. The summed E-state index contributed by atoms with van der Waals surface area (Å²) < 4.78 is 0. The summed E-state index contributed by atoms with van der Waals surface area (Å²) in [5, 5.41) is 21.0. The van der Waals surface area contributed by atoms with Crippen molar-refractivity contribution < 1.29 is 39.4 Å². The van der Waals surface area contributed by atoms with Gasteiger partial charge in [0.05, 0.1) is 0 Å². The van der Waals surface area contributed by atoms with E-state index in [4.69, 9.17) is 15.3 Å². The number of rotatable bonds is 0. The van der Waals surface area contributed by atoms with Gasteiger partial charge in [-0.15, -0.1) is 0 Å². The Hall–Kier alpha value is 0.424. The normalized spacial score (nSPS) is 2.25. The van der Waals surface area contributed by atoms with Gasteiger partial charge in [0.2, 0.25) is 0 Å². The molecule has 4 nitrogen and oxygen atoms in total. The van der Waals surface area contributed by atoms with Gasteiger partial charge >= 0.3 is 18.6 Å². The van der Waals surface area contributed by atoms with E-state index in [1.54, 1.807) is 0 Å². The molecular formula is C3H12O4V. The van der Waals surface area contributed by atoms with Crippen LogP contribution >= 0.6 is 0 Å². The molecule has 3 N–H and O–H groups in total. The van der Waals surface area contributed by atoms with Crippen molar-refractivity contribution in [2.24, 2.45) is 0 Å². The van der Waals surface area contributed by atoms with E-state index in [-0.39, 0.29) is 24.0 Å². The summed E-state index contributed by atoms with van der Waals surface area (Å²) in [5.74, 6) is 0. The zero-order chi connectivity index (χ0) is 6.00. The van der Waals surface area contributed by atoms with Crippen molar-refractivity contribution >= 4 is 0 Å². The largest absolute Gasteiger partial charge is 2.00 e. The maximum Gasteiger partial charge on any atom is 2.00 e. The second-order valence-corrected chi connectivity index (χ2v) is 0. The molecule has 0 unspecified atom stereocenters. The van der Waals surface area contributed by atoms with Crippen molar-refractivity contribution in [1.29, 1.82) is 0 Å². The molecule has 53 valence electrons. The first-order valence-corrected chi connectivity index (χ1v) is 1.34. The number of hydrogen-bond acceptors (Lipinski definition) is 3. The minimum atomic E-state index is 0. The van der Waals surface area contributed by atoms with Gasteiger partial charge in [0, 0.05) is 21.3 Å². The van der Waals surface area contributed by atoms with Crippen LogP contribution in [0.2, 0.25) is 0 Å². The van der Waals surface area contributed by atoms with Crippen LogP contribution in [0.25, 0.3) is 0 Å². The molecule has 0 spiro atoms. The second-order valence-electron chi connectivity index (χ2n) is 0. The predicted octanol–water partition coefficient (Wildman–Crippen LogP) is -1.30. The number of aliphatic hydroxyl groups excluding tert-OH is 3. The second kappa shape index (κ2) is 1700. The van der Waals surface area contributed by atoms with Gasteiger partial charge in [0.25, 0.3) is 0 Å². The molecule has 0 atom stereocenters. The fourth-order valence-electron chi connectivity index (χ4n) is 0. The van der Waals surface area contributed by atoms with Gasteiger partial charge in [-0.1, -0.05) is 0 Å². The molecule has 0 aromatic heterocycles. The van der Waals surface area contributed by atoms with Crippen LogP contribution in [0.1, 0.15) is 0 Å². The summed E-state index contributed by atoms with van der Waals surface area (Å²) in [6.07, 6.45) is 0. The maximum absolute atomic E-state index is 7.00. The Kier molecular flexibility index (Phi) is 8420. The molecule has 1 radical (unpaired) electrons. The standard InChI is InChI=1S/3CH4O.O.V/c3*1-2;;/h3*2H,1H3;;/q;;;-2;+2. The van der Waals surface area contributed by atoms with E-state index < -0.39 is 0 Å². The fraction of sp³-hybridized carbons (Fsp3) is 1.00. The number of aliphatic hydroxyl groups is 3. The summed E-state index contributed by atoms with van der Waals surface area (Å²) in [5.41, 5.74) is 0. The molecule has 0 bridgehead atoms. The molecule has 8 heavy (non-hydrogen) atoms. The van der Waals surface area contributed by atoms with Gasteiger partial charge in [-0.3, -0.25) is 0 Å². The molecule has 0 aromatic carbocycles. The summed E-state index contributed by atoms with van der Waals surface area (Å²) in [4.78, 5) is 0. The van der Waals surface area contributed by atoms with Crippen LogP contribution in [0.3, 0.4) is 0 Å². The van der Waals surface area contributed by atoms with E-state index in [0.717, 1.165) is 21.3 Å². The van der Waals surface area contributed by atoms with Crippen LogP contribution in [-0.4, -0.2) is 36.6 Å². The van der Waals surface area contributed by atoms with Crippen LogP contribution in [-0.2, 0) is 24.0 Å². The van der Waals surface area contributed by atoms with Crippen molar-refractivity contribution in [1.82, 2.24) is 0 Å². The molecule has 0 heterocycles. The first-order chi connectivity index (χ1) is 3.00. The van der Waals surface area contributed by atoms with Crippen LogP contribution in [0.15, 0.2) is 0 Å². The Morgan fingerprint density at radius 1 is 0.625 bits per heavy atom. The zero-order valence-electron chi connectivity index (χ0n) is 5.20. The Labute approximate surface area is 61.4 Å².